The summed E-state index contributed by atoms with van der Waals surface area (Å²) in [5, 5.41) is 0. The van der Waals surface area contributed by atoms with Gasteiger partial charge in [0.2, 0.25) is 0 Å². The molecular formula is C8H13N3O. The van der Waals surface area contributed by atoms with Crippen molar-refractivity contribution in [3.8, 4) is 0 Å². The molecule has 0 spiro atoms. The van der Waals surface area contributed by atoms with Gasteiger partial charge in [0.25, 0.3) is 0 Å². The molecule has 0 saturated carbocycles. The molecule has 1 heterocycles. The second-order valence-corrected chi connectivity index (χ2v) is 2.55. The first-order valence-electron chi connectivity index (χ1n) is 3.78. The van der Waals surface area contributed by atoms with Crippen molar-refractivity contribution in [1.82, 2.24) is 9.97 Å². The van der Waals surface area contributed by atoms with Gasteiger partial charge in [-0.2, -0.15) is 0 Å². The van der Waals surface area contributed by atoms with Crippen LogP contribution in [0.4, 0.5) is 0 Å². The number of methoxy groups -OCH3 is 1. The SMILES string of the molecule is COCc1ncc(C)c(CN)n1. The van der Waals surface area contributed by atoms with Gasteiger partial charge in [-0.05, 0) is 12.5 Å². The molecule has 0 aromatic carbocycles. The lowest BCUT2D eigenvalue weighted by Gasteiger charge is -2.03. The quantitative estimate of drug-likeness (QED) is 0.707. The summed E-state index contributed by atoms with van der Waals surface area (Å²) >= 11 is 0. The van der Waals surface area contributed by atoms with Crippen molar-refractivity contribution in [2.24, 2.45) is 5.73 Å². The maximum Gasteiger partial charge on any atom is 0.154 e. The number of nitrogens with two attached hydrogens (primary N) is 1. The fourth-order valence-corrected chi connectivity index (χ4v) is 0.924. The van der Waals surface area contributed by atoms with Crippen LogP contribution in [0, 0.1) is 6.92 Å². The van der Waals surface area contributed by atoms with Crippen LogP contribution in [0.15, 0.2) is 6.20 Å². The molecule has 2 N–H and O–H groups in total. The van der Waals surface area contributed by atoms with E-state index in [9.17, 15) is 0 Å². The van der Waals surface area contributed by atoms with Gasteiger partial charge >= 0.3 is 0 Å². The van der Waals surface area contributed by atoms with Crippen LogP contribution in [0.5, 0.6) is 0 Å². The third-order valence-corrected chi connectivity index (χ3v) is 1.59. The van der Waals surface area contributed by atoms with Crippen LogP contribution < -0.4 is 5.73 Å². The molecule has 0 atom stereocenters. The van der Waals surface area contributed by atoms with Gasteiger partial charge in [-0.25, -0.2) is 9.97 Å². The normalized spacial score (nSPS) is 10.2. The second kappa shape index (κ2) is 4.13. The molecule has 0 unspecified atom stereocenters. The number of aryl methyl sites for hydroxylation is 1. The van der Waals surface area contributed by atoms with Gasteiger partial charge in [-0.15, -0.1) is 0 Å². The molecule has 4 heteroatoms. The molecule has 0 fully saturated rings. The van der Waals surface area contributed by atoms with E-state index < -0.39 is 0 Å². The van der Waals surface area contributed by atoms with Crippen molar-refractivity contribution >= 4 is 0 Å². The Labute approximate surface area is 71.8 Å². The van der Waals surface area contributed by atoms with Gasteiger partial charge in [0.05, 0.1) is 5.69 Å². The topological polar surface area (TPSA) is 61.0 Å². The van der Waals surface area contributed by atoms with Gasteiger partial charge in [-0.3, -0.25) is 0 Å². The van der Waals surface area contributed by atoms with Crippen molar-refractivity contribution in [3.05, 3.63) is 23.3 Å². The minimum absolute atomic E-state index is 0.438. The van der Waals surface area contributed by atoms with E-state index in [4.69, 9.17) is 10.5 Å². The van der Waals surface area contributed by atoms with Crippen molar-refractivity contribution in [1.29, 1.82) is 0 Å². The fourth-order valence-electron chi connectivity index (χ4n) is 0.924. The van der Waals surface area contributed by atoms with Crippen LogP contribution in [-0.2, 0) is 17.9 Å². The molecule has 0 aliphatic carbocycles. The fraction of sp³-hybridized carbons (Fsp3) is 0.500. The zero-order chi connectivity index (χ0) is 8.97. The molecule has 0 aliphatic rings. The third-order valence-electron chi connectivity index (χ3n) is 1.59. The summed E-state index contributed by atoms with van der Waals surface area (Å²) in [6.07, 6.45) is 1.77. The van der Waals surface area contributed by atoms with E-state index in [0.29, 0.717) is 19.0 Å². The summed E-state index contributed by atoms with van der Waals surface area (Å²) in [5.41, 5.74) is 7.40. The van der Waals surface area contributed by atoms with Crippen LogP contribution in [-0.4, -0.2) is 17.1 Å². The van der Waals surface area contributed by atoms with E-state index in [1.807, 2.05) is 6.92 Å². The Bertz CT molecular complexity index is 262. The maximum absolute atomic E-state index is 5.48. The lowest BCUT2D eigenvalue weighted by atomic mass is 10.2. The van der Waals surface area contributed by atoms with Crippen LogP contribution in [0.25, 0.3) is 0 Å². The molecule has 0 aliphatic heterocycles. The maximum atomic E-state index is 5.48. The smallest absolute Gasteiger partial charge is 0.154 e. The van der Waals surface area contributed by atoms with Crippen molar-refractivity contribution in [2.45, 2.75) is 20.1 Å². The molecule has 0 saturated heterocycles. The molecule has 4 nitrogen and oxygen atoms in total. The van der Waals surface area contributed by atoms with Gasteiger partial charge in [0.1, 0.15) is 6.61 Å². The summed E-state index contributed by atoms with van der Waals surface area (Å²) in [7, 11) is 1.62. The molecule has 0 amide bonds. The highest BCUT2D eigenvalue weighted by Crippen LogP contribution is 2.02. The van der Waals surface area contributed by atoms with Crippen LogP contribution in [0.3, 0.4) is 0 Å². The number of ether oxygens (including phenoxy) is 1. The number of hydrogen-bond acceptors (Lipinski definition) is 4. The van der Waals surface area contributed by atoms with Crippen molar-refractivity contribution in [3.63, 3.8) is 0 Å². The van der Waals surface area contributed by atoms with Crippen LogP contribution >= 0.6 is 0 Å². The molecule has 0 radical (unpaired) electrons. The highest BCUT2D eigenvalue weighted by molar-refractivity contribution is 5.14. The number of aromatic nitrogens is 2. The lowest BCUT2D eigenvalue weighted by molar-refractivity contribution is 0.177. The molecular weight excluding hydrogens is 154 g/mol. The van der Waals surface area contributed by atoms with Gasteiger partial charge in [0, 0.05) is 19.9 Å². The van der Waals surface area contributed by atoms with Gasteiger partial charge in [0.15, 0.2) is 5.82 Å². The predicted octanol–water partition coefficient (Wildman–Crippen LogP) is 0.390. The van der Waals surface area contributed by atoms with Crippen LogP contribution in [0.2, 0.25) is 0 Å². The minimum Gasteiger partial charge on any atom is -0.377 e. The van der Waals surface area contributed by atoms with Crippen molar-refractivity contribution < 1.29 is 4.74 Å². The van der Waals surface area contributed by atoms with E-state index in [-0.39, 0.29) is 0 Å². The first kappa shape index (κ1) is 9.09. The molecule has 1 rings (SSSR count). The molecule has 1 aromatic rings. The van der Waals surface area contributed by atoms with Crippen LogP contribution in [0.1, 0.15) is 17.1 Å². The van der Waals surface area contributed by atoms with E-state index in [1.165, 1.54) is 0 Å². The average Bonchev–Trinajstić information content (AvgIpc) is 2.09. The highest BCUT2D eigenvalue weighted by Gasteiger charge is 2.00. The third kappa shape index (κ3) is 1.99. The zero-order valence-electron chi connectivity index (χ0n) is 7.37. The average molecular weight is 167 g/mol. The van der Waals surface area contributed by atoms with E-state index in [1.54, 1.807) is 13.3 Å². The Morgan fingerprint density at radius 1 is 1.58 bits per heavy atom. The molecule has 1 aromatic heterocycles. The molecule has 0 bridgehead atoms. The molecule has 66 valence electrons. The summed E-state index contributed by atoms with van der Waals surface area (Å²) in [4.78, 5) is 8.30. The summed E-state index contributed by atoms with van der Waals surface area (Å²) in [5.74, 6) is 0.684. The summed E-state index contributed by atoms with van der Waals surface area (Å²) in [6.45, 7) is 2.83. The largest absolute Gasteiger partial charge is 0.377 e. The molecule has 12 heavy (non-hydrogen) atoms. The van der Waals surface area contributed by atoms with Crippen molar-refractivity contribution in [2.75, 3.05) is 7.11 Å². The lowest BCUT2D eigenvalue weighted by Crippen LogP contribution is -2.07. The highest BCUT2D eigenvalue weighted by atomic mass is 16.5. The summed E-state index contributed by atoms with van der Waals surface area (Å²) in [6, 6.07) is 0. The monoisotopic (exact) mass is 167 g/mol. The zero-order valence-corrected chi connectivity index (χ0v) is 7.37. The number of rotatable bonds is 3. The summed E-state index contributed by atoms with van der Waals surface area (Å²) < 4.78 is 4.90. The Hall–Kier alpha value is -1.00. The Balaban J connectivity index is 2.89. The Morgan fingerprint density at radius 3 is 2.92 bits per heavy atom. The number of nitrogens with zero attached hydrogens (tertiary/aromatic N) is 2. The first-order valence-corrected chi connectivity index (χ1v) is 3.78. The standard InChI is InChI=1S/C8H13N3O/c1-6-4-10-8(5-12-2)11-7(6)3-9/h4H,3,5,9H2,1-2H3. The minimum atomic E-state index is 0.438. The first-order chi connectivity index (χ1) is 5.77. The van der Waals surface area contributed by atoms with E-state index in [0.717, 1.165) is 11.3 Å². The van der Waals surface area contributed by atoms with E-state index in [2.05, 4.69) is 9.97 Å². The second-order valence-electron chi connectivity index (χ2n) is 2.55. The van der Waals surface area contributed by atoms with Gasteiger partial charge < -0.3 is 10.5 Å². The Kier molecular flexibility index (Phi) is 3.13. The predicted molar refractivity (Wildman–Crippen MR) is 45.4 cm³/mol. The van der Waals surface area contributed by atoms with E-state index >= 15 is 0 Å². The number of hydrogen-bond donors (Lipinski definition) is 1. The van der Waals surface area contributed by atoms with Gasteiger partial charge in [-0.1, -0.05) is 0 Å². The Morgan fingerprint density at radius 2 is 2.33 bits per heavy atom.